The number of thioether (sulfide) groups is 1. The number of carbonyl (C=O) groups excluding carboxylic acids is 2. The zero-order valence-corrected chi connectivity index (χ0v) is 20.2. The average Bonchev–Trinajstić information content (AvgIpc) is 3.28. The normalized spacial score (nSPS) is 11.6. The minimum atomic E-state index is -0.388. The smallest absolute Gasteiger partial charge is 0.255 e. The quantitative estimate of drug-likeness (QED) is 0.285. The van der Waals surface area contributed by atoms with Crippen LogP contribution in [0.3, 0.4) is 0 Å². The number of amides is 2. The number of nitrogens with one attached hydrogen (secondary N) is 2. The van der Waals surface area contributed by atoms with E-state index in [4.69, 9.17) is 0 Å². The largest absolute Gasteiger partial charge is 0.322 e. The van der Waals surface area contributed by atoms with Crippen molar-refractivity contribution in [2.24, 2.45) is 0 Å². The molecule has 0 fully saturated rings. The van der Waals surface area contributed by atoms with Gasteiger partial charge in [0.15, 0.2) is 5.13 Å². The highest BCUT2D eigenvalue weighted by molar-refractivity contribution is 8.00. The summed E-state index contributed by atoms with van der Waals surface area (Å²) in [6.07, 6.45) is 0. The molecule has 0 aliphatic heterocycles. The van der Waals surface area contributed by atoms with Gasteiger partial charge in [0.05, 0.1) is 10.9 Å². The van der Waals surface area contributed by atoms with E-state index in [9.17, 15) is 14.0 Å². The van der Waals surface area contributed by atoms with Gasteiger partial charge in [-0.1, -0.05) is 23.8 Å². The molecule has 0 saturated heterocycles. The Morgan fingerprint density at radius 3 is 2.47 bits per heavy atom. The van der Waals surface area contributed by atoms with Crippen LogP contribution in [0, 0.1) is 12.7 Å². The maximum atomic E-state index is 13.1. The topological polar surface area (TPSA) is 71.1 Å². The van der Waals surface area contributed by atoms with Gasteiger partial charge >= 0.3 is 0 Å². The average molecular weight is 492 g/mol. The third-order valence-electron chi connectivity index (χ3n) is 4.96. The van der Waals surface area contributed by atoms with Crippen molar-refractivity contribution in [1.29, 1.82) is 0 Å². The van der Waals surface area contributed by atoms with Crippen LogP contribution in [0.1, 0.15) is 22.8 Å². The Kier molecular flexibility index (Phi) is 7.40. The molecule has 34 heavy (non-hydrogen) atoms. The van der Waals surface area contributed by atoms with Crippen molar-refractivity contribution >= 4 is 45.7 Å². The van der Waals surface area contributed by atoms with Crippen molar-refractivity contribution in [3.8, 4) is 11.3 Å². The SMILES string of the molecule is Cc1ccc(C(=O)Nc2cccc(SC(C)C(=O)Nc3nc(-c4ccc(F)cc4)cs3)c2)cc1. The molecule has 8 heteroatoms. The molecule has 2 N–H and O–H groups in total. The van der Waals surface area contributed by atoms with E-state index in [1.807, 2.05) is 55.6 Å². The van der Waals surface area contributed by atoms with E-state index in [2.05, 4.69) is 15.6 Å². The van der Waals surface area contributed by atoms with Gasteiger partial charge in [-0.2, -0.15) is 0 Å². The first kappa shape index (κ1) is 23.7. The fourth-order valence-corrected chi connectivity index (χ4v) is 4.75. The van der Waals surface area contributed by atoms with Gasteiger partial charge in [-0.15, -0.1) is 23.1 Å². The molecule has 172 valence electrons. The van der Waals surface area contributed by atoms with Crippen molar-refractivity contribution in [1.82, 2.24) is 4.98 Å². The Morgan fingerprint density at radius 2 is 1.74 bits per heavy atom. The van der Waals surface area contributed by atoms with E-state index in [1.165, 1.54) is 35.2 Å². The third kappa shape index (κ3) is 6.09. The zero-order valence-electron chi connectivity index (χ0n) is 18.5. The fraction of sp³-hybridized carbons (Fsp3) is 0.115. The van der Waals surface area contributed by atoms with Crippen molar-refractivity contribution in [2.75, 3.05) is 10.6 Å². The summed E-state index contributed by atoms with van der Waals surface area (Å²) in [4.78, 5) is 30.5. The van der Waals surface area contributed by atoms with Gasteiger partial charge in [0.2, 0.25) is 5.91 Å². The lowest BCUT2D eigenvalue weighted by Crippen LogP contribution is -2.22. The van der Waals surface area contributed by atoms with E-state index < -0.39 is 0 Å². The molecule has 1 atom stereocenters. The van der Waals surface area contributed by atoms with Gasteiger partial charge in [-0.05, 0) is 68.4 Å². The summed E-state index contributed by atoms with van der Waals surface area (Å²) in [7, 11) is 0. The minimum absolute atomic E-state index is 0.181. The van der Waals surface area contributed by atoms with E-state index in [-0.39, 0.29) is 22.9 Å². The highest BCUT2D eigenvalue weighted by Gasteiger charge is 2.17. The number of aromatic nitrogens is 1. The highest BCUT2D eigenvalue weighted by atomic mass is 32.2. The summed E-state index contributed by atoms with van der Waals surface area (Å²) in [5, 5.41) is 7.65. The van der Waals surface area contributed by atoms with Crippen LogP contribution in [-0.4, -0.2) is 22.0 Å². The lowest BCUT2D eigenvalue weighted by Gasteiger charge is -2.12. The Morgan fingerprint density at radius 1 is 1.00 bits per heavy atom. The van der Waals surface area contributed by atoms with Crippen molar-refractivity contribution < 1.29 is 14.0 Å². The summed E-state index contributed by atoms with van der Waals surface area (Å²) in [6, 6.07) is 20.8. The Labute approximate surface area is 205 Å². The van der Waals surface area contributed by atoms with E-state index >= 15 is 0 Å². The lowest BCUT2D eigenvalue weighted by molar-refractivity contribution is -0.115. The molecule has 0 bridgehead atoms. The summed E-state index contributed by atoms with van der Waals surface area (Å²) >= 11 is 2.70. The molecule has 0 saturated carbocycles. The molecular formula is C26H22FN3O2S2. The number of rotatable bonds is 7. The van der Waals surface area contributed by atoms with Crippen LogP contribution in [-0.2, 0) is 4.79 Å². The van der Waals surface area contributed by atoms with Crippen LogP contribution in [0.4, 0.5) is 15.2 Å². The van der Waals surface area contributed by atoms with Gasteiger partial charge in [-0.3, -0.25) is 9.59 Å². The molecule has 4 rings (SSSR count). The predicted octanol–water partition coefficient (Wildman–Crippen LogP) is 6.63. The summed E-state index contributed by atoms with van der Waals surface area (Å²) < 4.78 is 13.1. The number of carbonyl (C=O) groups is 2. The van der Waals surface area contributed by atoms with Gasteiger partial charge in [0.25, 0.3) is 5.91 Å². The number of benzene rings is 3. The van der Waals surface area contributed by atoms with E-state index in [0.717, 1.165) is 16.0 Å². The molecule has 0 radical (unpaired) electrons. The number of thiazole rings is 1. The van der Waals surface area contributed by atoms with Gasteiger partial charge in [-0.25, -0.2) is 9.37 Å². The van der Waals surface area contributed by atoms with E-state index in [1.54, 1.807) is 24.3 Å². The molecule has 4 aromatic rings. The predicted molar refractivity (Wildman–Crippen MR) is 137 cm³/mol. The first-order chi connectivity index (χ1) is 16.4. The second kappa shape index (κ2) is 10.6. The molecular weight excluding hydrogens is 469 g/mol. The second-order valence-electron chi connectivity index (χ2n) is 7.64. The Balaban J connectivity index is 1.35. The molecule has 3 aromatic carbocycles. The number of halogens is 1. The standard InChI is InChI=1S/C26H22FN3O2S2/c1-16-6-8-19(9-7-16)25(32)28-21-4-3-5-22(14-21)34-17(2)24(31)30-26-29-23(15-33-26)18-10-12-20(27)13-11-18/h3-15,17H,1-2H3,(H,28,32)(H,29,30,31). The monoisotopic (exact) mass is 491 g/mol. The molecule has 1 aromatic heterocycles. The van der Waals surface area contributed by atoms with Crippen LogP contribution < -0.4 is 10.6 Å². The molecule has 1 heterocycles. The number of hydrogen-bond acceptors (Lipinski definition) is 5. The van der Waals surface area contributed by atoms with Crippen LogP contribution in [0.25, 0.3) is 11.3 Å². The van der Waals surface area contributed by atoms with Crippen molar-refractivity contribution in [3.05, 3.63) is 95.1 Å². The number of aryl methyl sites for hydroxylation is 1. The maximum Gasteiger partial charge on any atom is 0.255 e. The maximum absolute atomic E-state index is 13.1. The second-order valence-corrected chi connectivity index (χ2v) is 9.91. The Bertz CT molecular complexity index is 1300. The summed E-state index contributed by atoms with van der Waals surface area (Å²) in [5.41, 5.74) is 3.79. The molecule has 2 amide bonds. The van der Waals surface area contributed by atoms with Crippen LogP contribution >= 0.6 is 23.1 Å². The van der Waals surface area contributed by atoms with E-state index in [0.29, 0.717) is 22.1 Å². The molecule has 0 aliphatic rings. The molecule has 5 nitrogen and oxygen atoms in total. The van der Waals surface area contributed by atoms with Crippen LogP contribution in [0.15, 0.2) is 83.1 Å². The minimum Gasteiger partial charge on any atom is -0.322 e. The highest BCUT2D eigenvalue weighted by Crippen LogP contribution is 2.29. The zero-order chi connectivity index (χ0) is 24.1. The lowest BCUT2D eigenvalue weighted by atomic mass is 10.1. The first-order valence-electron chi connectivity index (χ1n) is 10.5. The molecule has 0 aliphatic carbocycles. The third-order valence-corrected chi connectivity index (χ3v) is 6.81. The van der Waals surface area contributed by atoms with Gasteiger partial charge in [0.1, 0.15) is 5.82 Å². The number of anilines is 2. The number of hydrogen-bond donors (Lipinski definition) is 2. The Hall–Kier alpha value is -3.49. The molecule has 1 unspecified atom stereocenters. The molecule has 0 spiro atoms. The number of nitrogens with zero attached hydrogens (tertiary/aromatic N) is 1. The summed E-state index contributed by atoms with van der Waals surface area (Å²) in [5.74, 6) is -0.676. The van der Waals surface area contributed by atoms with Crippen molar-refractivity contribution in [3.63, 3.8) is 0 Å². The first-order valence-corrected chi connectivity index (χ1v) is 12.3. The van der Waals surface area contributed by atoms with Gasteiger partial charge < -0.3 is 10.6 Å². The van der Waals surface area contributed by atoms with Crippen LogP contribution in [0.2, 0.25) is 0 Å². The van der Waals surface area contributed by atoms with Crippen LogP contribution in [0.5, 0.6) is 0 Å². The van der Waals surface area contributed by atoms with Crippen molar-refractivity contribution in [2.45, 2.75) is 24.0 Å². The summed E-state index contributed by atoms with van der Waals surface area (Å²) in [6.45, 7) is 3.78. The van der Waals surface area contributed by atoms with Gasteiger partial charge in [0, 0.05) is 27.1 Å². The fourth-order valence-electron chi connectivity index (χ4n) is 3.10.